The molecule has 32 heavy (non-hydrogen) atoms. The summed E-state index contributed by atoms with van der Waals surface area (Å²) in [5.41, 5.74) is 9.76. The van der Waals surface area contributed by atoms with Gasteiger partial charge in [0.1, 0.15) is 17.0 Å². The van der Waals surface area contributed by atoms with Gasteiger partial charge in [0, 0.05) is 23.4 Å². The maximum Gasteiger partial charge on any atom is 0.248 e. The number of benzene rings is 2. The van der Waals surface area contributed by atoms with Gasteiger partial charge in [-0.1, -0.05) is 62.8 Å². The number of fused-ring (bicyclic) bond motifs is 1. The van der Waals surface area contributed by atoms with Crippen LogP contribution in [0.2, 0.25) is 0 Å². The van der Waals surface area contributed by atoms with Gasteiger partial charge in [-0.2, -0.15) is 0 Å². The van der Waals surface area contributed by atoms with Crippen LogP contribution in [0.15, 0.2) is 71.3 Å². The summed E-state index contributed by atoms with van der Waals surface area (Å²) in [6, 6.07) is 18.5. The third kappa shape index (κ3) is 4.83. The number of aromatic nitrogens is 1. The zero-order valence-corrected chi connectivity index (χ0v) is 18.3. The van der Waals surface area contributed by atoms with Gasteiger partial charge in [0.25, 0.3) is 0 Å². The largest absolute Gasteiger partial charge is 0.496 e. The molecule has 5 rings (SSSR count). The highest BCUT2D eigenvalue weighted by atomic mass is 16.5. The molecule has 0 saturated heterocycles. The number of hydrogen-bond acceptors (Lipinski definition) is 4. The first kappa shape index (κ1) is 21.6. The molecule has 1 aliphatic rings. The molecule has 2 heterocycles. The fourth-order valence-corrected chi connectivity index (χ4v) is 4.05. The lowest BCUT2D eigenvalue weighted by Gasteiger charge is -2.05. The molecule has 5 nitrogen and oxygen atoms in total. The summed E-state index contributed by atoms with van der Waals surface area (Å²) in [6.07, 6.45) is 10.7. The highest BCUT2D eigenvalue weighted by Gasteiger charge is 2.15. The number of pyridine rings is 1. The molecule has 1 aliphatic carbocycles. The van der Waals surface area contributed by atoms with Gasteiger partial charge in [0.15, 0.2) is 5.58 Å². The van der Waals surface area contributed by atoms with Crippen LogP contribution >= 0.6 is 0 Å². The minimum atomic E-state index is -0.466. The normalized spacial score (nSPS) is 13.3. The van der Waals surface area contributed by atoms with Crippen LogP contribution in [0.1, 0.15) is 48.9 Å². The summed E-state index contributed by atoms with van der Waals surface area (Å²) in [7, 11) is 1.63. The molecule has 164 valence electrons. The standard InChI is InChI=1S/C21H16N2O3.C6H12/c1-25-18-8-3-2-7-16(18)19-12-17-20(26-19)15(9-10-23-17)13-5-4-6-14(11-13)21(22)24;1-2-4-6-5-3-1/h2-12H,1H3,(H2,22,24);1-6H2. The minimum absolute atomic E-state index is 0.448. The van der Waals surface area contributed by atoms with Gasteiger partial charge in [-0.15, -0.1) is 0 Å². The number of hydrogen-bond donors (Lipinski definition) is 1. The van der Waals surface area contributed by atoms with Crippen LogP contribution in [0.4, 0.5) is 0 Å². The third-order valence-corrected chi connectivity index (χ3v) is 5.74. The monoisotopic (exact) mass is 428 g/mol. The van der Waals surface area contributed by atoms with E-state index >= 15 is 0 Å². The molecule has 0 spiro atoms. The summed E-state index contributed by atoms with van der Waals surface area (Å²) in [4.78, 5) is 15.9. The molecule has 0 bridgehead atoms. The molecule has 2 N–H and O–H groups in total. The average Bonchev–Trinajstić information content (AvgIpc) is 3.30. The Morgan fingerprint density at radius 3 is 2.31 bits per heavy atom. The maximum atomic E-state index is 11.5. The van der Waals surface area contributed by atoms with E-state index in [0.29, 0.717) is 16.9 Å². The van der Waals surface area contributed by atoms with E-state index in [1.165, 1.54) is 38.5 Å². The van der Waals surface area contributed by atoms with Crippen molar-refractivity contribution in [2.24, 2.45) is 5.73 Å². The van der Waals surface area contributed by atoms with Crippen molar-refractivity contribution >= 4 is 17.0 Å². The molecule has 1 fully saturated rings. The molecule has 0 aliphatic heterocycles. The molecule has 0 atom stereocenters. The first-order chi connectivity index (χ1) is 15.7. The number of rotatable bonds is 4. The van der Waals surface area contributed by atoms with Crippen LogP contribution in [0.25, 0.3) is 33.6 Å². The zero-order valence-electron chi connectivity index (χ0n) is 18.3. The van der Waals surface area contributed by atoms with E-state index in [1.54, 1.807) is 31.5 Å². The lowest BCUT2D eigenvalue weighted by atomic mass is 10.0. The number of carbonyl (C=O) groups is 1. The van der Waals surface area contributed by atoms with Gasteiger partial charge >= 0.3 is 0 Å². The van der Waals surface area contributed by atoms with Crippen LogP contribution < -0.4 is 10.5 Å². The summed E-state index contributed by atoms with van der Waals surface area (Å²) in [5.74, 6) is 0.929. The predicted molar refractivity (Wildman–Crippen MR) is 128 cm³/mol. The number of ether oxygens (including phenoxy) is 1. The van der Waals surface area contributed by atoms with Crippen molar-refractivity contribution in [2.45, 2.75) is 38.5 Å². The molecular weight excluding hydrogens is 400 g/mol. The Balaban J connectivity index is 0.000000354. The smallest absolute Gasteiger partial charge is 0.248 e. The quantitative estimate of drug-likeness (QED) is 0.397. The Morgan fingerprint density at radius 1 is 0.906 bits per heavy atom. The number of furan rings is 1. The lowest BCUT2D eigenvalue weighted by molar-refractivity contribution is 0.100. The van der Waals surface area contributed by atoms with Gasteiger partial charge < -0.3 is 14.9 Å². The van der Waals surface area contributed by atoms with Gasteiger partial charge in [0.05, 0.1) is 12.7 Å². The second-order valence-electron chi connectivity index (χ2n) is 7.95. The van der Waals surface area contributed by atoms with Crippen LogP contribution in [-0.4, -0.2) is 18.0 Å². The van der Waals surface area contributed by atoms with Crippen LogP contribution in [0, 0.1) is 0 Å². The fourth-order valence-electron chi connectivity index (χ4n) is 4.05. The number of para-hydroxylation sites is 1. The SMILES string of the molecule is C1CCCCC1.COc1ccccc1-c1cc2nccc(-c3cccc(C(N)=O)c3)c2o1. The van der Waals surface area contributed by atoms with Gasteiger partial charge in [0.2, 0.25) is 5.91 Å². The molecule has 0 radical (unpaired) electrons. The zero-order chi connectivity index (χ0) is 22.3. The number of amides is 1. The Morgan fingerprint density at radius 2 is 1.62 bits per heavy atom. The topological polar surface area (TPSA) is 78.4 Å². The van der Waals surface area contributed by atoms with E-state index in [-0.39, 0.29) is 0 Å². The van der Waals surface area contributed by atoms with E-state index in [1.807, 2.05) is 42.5 Å². The Kier molecular flexibility index (Phi) is 6.85. The van der Waals surface area contributed by atoms with Crippen LogP contribution in [0.5, 0.6) is 5.75 Å². The van der Waals surface area contributed by atoms with Gasteiger partial charge in [-0.05, 0) is 35.9 Å². The van der Waals surface area contributed by atoms with E-state index in [4.69, 9.17) is 14.9 Å². The van der Waals surface area contributed by atoms with Crippen LogP contribution in [-0.2, 0) is 0 Å². The molecule has 2 aromatic carbocycles. The summed E-state index contributed by atoms with van der Waals surface area (Å²) < 4.78 is 11.5. The van der Waals surface area contributed by atoms with Crippen molar-refractivity contribution in [3.8, 4) is 28.2 Å². The first-order valence-electron chi connectivity index (χ1n) is 11.1. The number of nitrogens with zero attached hydrogens (tertiary/aromatic N) is 1. The highest BCUT2D eigenvalue weighted by molar-refractivity contribution is 5.97. The fraction of sp³-hybridized carbons (Fsp3) is 0.259. The van der Waals surface area contributed by atoms with Crippen molar-refractivity contribution < 1.29 is 13.9 Å². The van der Waals surface area contributed by atoms with Crippen molar-refractivity contribution in [3.05, 3.63) is 72.4 Å². The number of nitrogens with two attached hydrogens (primary N) is 1. The van der Waals surface area contributed by atoms with E-state index < -0.39 is 5.91 Å². The Bertz CT molecular complexity index is 1200. The van der Waals surface area contributed by atoms with E-state index in [2.05, 4.69) is 4.98 Å². The lowest BCUT2D eigenvalue weighted by Crippen LogP contribution is -2.10. The molecule has 4 aromatic rings. The molecule has 1 amide bonds. The minimum Gasteiger partial charge on any atom is -0.496 e. The van der Waals surface area contributed by atoms with Gasteiger partial charge in [-0.25, -0.2) is 0 Å². The average molecular weight is 429 g/mol. The Labute approximate surface area is 188 Å². The molecular formula is C27H28N2O3. The Hall–Kier alpha value is -3.60. The summed E-state index contributed by atoms with van der Waals surface area (Å²) in [6.45, 7) is 0. The third-order valence-electron chi connectivity index (χ3n) is 5.74. The second-order valence-corrected chi connectivity index (χ2v) is 7.95. The van der Waals surface area contributed by atoms with E-state index in [0.717, 1.165) is 28.0 Å². The van der Waals surface area contributed by atoms with Crippen molar-refractivity contribution in [1.82, 2.24) is 4.98 Å². The summed E-state index contributed by atoms with van der Waals surface area (Å²) >= 11 is 0. The van der Waals surface area contributed by atoms with E-state index in [9.17, 15) is 4.79 Å². The molecule has 5 heteroatoms. The molecule has 1 saturated carbocycles. The predicted octanol–water partition coefficient (Wildman–Crippen LogP) is 6.61. The second kappa shape index (κ2) is 10.1. The molecule has 2 aromatic heterocycles. The van der Waals surface area contributed by atoms with Crippen molar-refractivity contribution in [2.75, 3.05) is 7.11 Å². The van der Waals surface area contributed by atoms with Crippen molar-refractivity contribution in [3.63, 3.8) is 0 Å². The van der Waals surface area contributed by atoms with Crippen molar-refractivity contribution in [1.29, 1.82) is 0 Å². The first-order valence-corrected chi connectivity index (χ1v) is 11.1. The molecule has 0 unspecified atom stereocenters. The van der Waals surface area contributed by atoms with Gasteiger partial charge in [-0.3, -0.25) is 9.78 Å². The number of carbonyl (C=O) groups excluding carboxylic acids is 1. The number of methoxy groups -OCH3 is 1. The van der Waals surface area contributed by atoms with Crippen LogP contribution in [0.3, 0.4) is 0 Å². The highest BCUT2D eigenvalue weighted by Crippen LogP contribution is 2.37. The summed E-state index contributed by atoms with van der Waals surface area (Å²) in [5, 5.41) is 0. The maximum absolute atomic E-state index is 11.5. The number of primary amides is 1.